The van der Waals surface area contributed by atoms with E-state index >= 15 is 0 Å². The number of sulfonamides is 1. The maximum Gasteiger partial charge on any atom is 0.240 e. The van der Waals surface area contributed by atoms with E-state index in [1.807, 2.05) is 20.8 Å². The third-order valence-electron chi connectivity index (χ3n) is 2.64. The lowest BCUT2D eigenvalue weighted by molar-refractivity contribution is 0.162. The van der Waals surface area contributed by atoms with Gasteiger partial charge in [-0.15, -0.1) is 0 Å². The number of hydrogen-bond donors (Lipinski definition) is 1. The predicted octanol–water partition coefficient (Wildman–Crippen LogP) is 2.26. The molecule has 0 saturated carbocycles. The molecule has 0 heterocycles. The highest BCUT2D eigenvalue weighted by Gasteiger charge is 2.14. The lowest BCUT2D eigenvalue weighted by Gasteiger charge is -2.11. The summed E-state index contributed by atoms with van der Waals surface area (Å²) < 4.78 is 37.4. The first kappa shape index (κ1) is 17.7. The summed E-state index contributed by atoms with van der Waals surface area (Å²) in [6, 6.07) is 4.81. The lowest BCUT2D eigenvalue weighted by atomic mass is 10.2. The van der Waals surface area contributed by atoms with Gasteiger partial charge >= 0.3 is 0 Å². The molecule has 0 bridgehead atoms. The van der Waals surface area contributed by atoms with Gasteiger partial charge < -0.3 is 9.47 Å². The van der Waals surface area contributed by atoms with Crippen molar-refractivity contribution in [1.29, 1.82) is 0 Å². The molecule has 118 valence electrons. The largest absolute Gasteiger partial charge is 0.494 e. The first-order valence-electron chi connectivity index (χ1n) is 6.82. The monoisotopic (exact) mass is 313 g/mol. The highest BCUT2D eigenvalue weighted by molar-refractivity contribution is 7.89. The Hall–Kier alpha value is -1.37. The fourth-order valence-corrected chi connectivity index (χ4v) is 2.78. The van der Waals surface area contributed by atoms with Gasteiger partial charge in [-0.1, -0.05) is 12.2 Å². The van der Waals surface area contributed by atoms with E-state index in [0.29, 0.717) is 25.6 Å². The fraction of sp³-hybridized carbons (Fsp3) is 0.467. The van der Waals surface area contributed by atoms with Crippen LogP contribution in [-0.4, -0.2) is 34.8 Å². The van der Waals surface area contributed by atoms with Gasteiger partial charge in [-0.25, -0.2) is 13.1 Å². The van der Waals surface area contributed by atoms with Crippen LogP contribution < -0.4 is 9.46 Å². The van der Waals surface area contributed by atoms with Crippen molar-refractivity contribution in [2.75, 3.05) is 26.4 Å². The highest BCUT2D eigenvalue weighted by atomic mass is 32.2. The molecule has 1 aromatic carbocycles. The van der Waals surface area contributed by atoms with Crippen LogP contribution in [0.4, 0.5) is 0 Å². The molecule has 0 aromatic heterocycles. The SMILES string of the molecule is C=C(C)COCCNS(=O)(=O)c1ccc(OCC)c(C)c1. The number of aryl methyl sites for hydroxylation is 1. The summed E-state index contributed by atoms with van der Waals surface area (Å²) in [7, 11) is -3.52. The van der Waals surface area contributed by atoms with Crippen molar-refractivity contribution >= 4 is 10.0 Å². The van der Waals surface area contributed by atoms with E-state index < -0.39 is 10.0 Å². The summed E-state index contributed by atoms with van der Waals surface area (Å²) in [6.45, 7) is 10.8. The second-order valence-electron chi connectivity index (χ2n) is 4.77. The summed E-state index contributed by atoms with van der Waals surface area (Å²) in [5.74, 6) is 0.696. The maximum absolute atomic E-state index is 12.1. The molecule has 5 nitrogen and oxygen atoms in total. The van der Waals surface area contributed by atoms with E-state index in [4.69, 9.17) is 9.47 Å². The molecular formula is C15H23NO4S. The van der Waals surface area contributed by atoms with E-state index in [1.54, 1.807) is 12.1 Å². The van der Waals surface area contributed by atoms with E-state index in [9.17, 15) is 8.42 Å². The summed E-state index contributed by atoms with van der Waals surface area (Å²) in [6.07, 6.45) is 0. The second-order valence-corrected chi connectivity index (χ2v) is 6.53. The van der Waals surface area contributed by atoms with Gasteiger partial charge in [-0.2, -0.15) is 0 Å². The van der Waals surface area contributed by atoms with Crippen LogP contribution in [0.1, 0.15) is 19.4 Å². The normalized spacial score (nSPS) is 11.4. The predicted molar refractivity (Wildman–Crippen MR) is 83.2 cm³/mol. The number of benzene rings is 1. The Balaban J connectivity index is 2.62. The van der Waals surface area contributed by atoms with E-state index in [-0.39, 0.29) is 11.4 Å². The van der Waals surface area contributed by atoms with Crippen LogP contribution in [0.25, 0.3) is 0 Å². The van der Waals surface area contributed by atoms with Gasteiger partial charge in [0, 0.05) is 6.54 Å². The molecule has 0 amide bonds. The van der Waals surface area contributed by atoms with Crippen LogP contribution >= 0.6 is 0 Å². The molecule has 0 spiro atoms. The molecule has 1 aromatic rings. The van der Waals surface area contributed by atoms with Crippen LogP contribution in [0.5, 0.6) is 5.75 Å². The Morgan fingerprint density at radius 3 is 2.67 bits per heavy atom. The van der Waals surface area contributed by atoms with Crippen LogP contribution in [0.2, 0.25) is 0 Å². The van der Waals surface area contributed by atoms with Crippen molar-refractivity contribution in [3.8, 4) is 5.75 Å². The average molecular weight is 313 g/mol. The molecular weight excluding hydrogens is 290 g/mol. The van der Waals surface area contributed by atoms with Crippen molar-refractivity contribution in [3.05, 3.63) is 35.9 Å². The summed E-state index contributed by atoms with van der Waals surface area (Å²) >= 11 is 0. The zero-order chi connectivity index (χ0) is 15.9. The standard InChI is InChI=1S/C15H23NO4S/c1-5-20-15-7-6-14(10-13(15)4)21(17,18)16-8-9-19-11-12(2)3/h6-7,10,16H,2,5,8-9,11H2,1,3-4H3. The molecule has 0 unspecified atom stereocenters. The van der Waals surface area contributed by atoms with E-state index in [0.717, 1.165) is 11.1 Å². The smallest absolute Gasteiger partial charge is 0.240 e. The van der Waals surface area contributed by atoms with Crippen LogP contribution in [0.15, 0.2) is 35.2 Å². The molecule has 1 N–H and O–H groups in total. The van der Waals surface area contributed by atoms with Crippen molar-refractivity contribution < 1.29 is 17.9 Å². The second kappa shape index (κ2) is 8.17. The highest BCUT2D eigenvalue weighted by Crippen LogP contribution is 2.21. The van der Waals surface area contributed by atoms with Gasteiger partial charge in [-0.05, 0) is 44.5 Å². The Morgan fingerprint density at radius 2 is 2.10 bits per heavy atom. The Morgan fingerprint density at radius 1 is 1.38 bits per heavy atom. The molecule has 0 radical (unpaired) electrons. The van der Waals surface area contributed by atoms with Crippen LogP contribution in [-0.2, 0) is 14.8 Å². The van der Waals surface area contributed by atoms with Crippen LogP contribution in [0, 0.1) is 6.92 Å². The number of rotatable bonds is 9. The molecule has 0 saturated heterocycles. The van der Waals surface area contributed by atoms with Crippen molar-refractivity contribution in [2.24, 2.45) is 0 Å². The van der Waals surface area contributed by atoms with Gasteiger partial charge in [-0.3, -0.25) is 0 Å². The average Bonchev–Trinajstić information content (AvgIpc) is 2.40. The zero-order valence-electron chi connectivity index (χ0n) is 12.8. The van der Waals surface area contributed by atoms with Gasteiger partial charge in [0.1, 0.15) is 5.75 Å². The summed E-state index contributed by atoms with van der Waals surface area (Å²) in [4.78, 5) is 0.225. The van der Waals surface area contributed by atoms with E-state index in [2.05, 4.69) is 11.3 Å². The van der Waals surface area contributed by atoms with Gasteiger partial charge in [0.15, 0.2) is 0 Å². The number of nitrogens with one attached hydrogen (secondary N) is 1. The minimum atomic E-state index is -3.52. The minimum absolute atomic E-state index is 0.224. The molecule has 6 heteroatoms. The van der Waals surface area contributed by atoms with Gasteiger partial charge in [0.05, 0.1) is 24.7 Å². The quantitative estimate of drug-likeness (QED) is 0.561. The van der Waals surface area contributed by atoms with Crippen LogP contribution in [0.3, 0.4) is 0 Å². The molecule has 0 atom stereocenters. The van der Waals surface area contributed by atoms with E-state index in [1.165, 1.54) is 6.07 Å². The Labute approximate surface area is 127 Å². The molecule has 1 rings (SSSR count). The van der Waals surface area contributed by atoms with Crippen molar-refractivity contribution in [1.82, 2.24) is 4.72 Å². The molecule has 21 heavy (non-hydrogen) atoms. The third-order valence-corrected chi connectivity index (χ3v) is 4.10. The third kappa shape index (κ3) is 5.87. The maximum atomic E-state index is 12.1. The summed E-state index contributed by atoms with van der Waals surface area (Å²) in [5.41, 5.74) is 1.69. The van der Waals surface area contributed by atoms with Crippen molar-refractivity contribution in [3.63, 3.8) is 0 Å². The lowest BCUT2D eigenvalue weighted by Crippen LogP contribution is -2.27. The topological polar surface area (TPSA) is 64.6 Å². The summed E-state index contributed by atoms with van der Waals surface area (Å²) in [5, 5.41) is 0. The first-order chi connectivity index (χ1) is 9.86. The molecule has 0 aliphatic carbocycles. The first-order valence-corrected chi connectivity index (χ1v) is 8.30. The number of ether oxygens (including phenoxy) is 2. The Kier molecular flexibility index (Phi) is 6.87. The van der Waals surface area contributed by atoms with Gasteiger partial charge in [0.2, 0.25) is 10.0 Å². The number of hydrogen-bond acceptors (Lipinski definition) is 4. The molecule has 0 fully saturated rings. The fourth-order valence-electron chi connectivity index (χ4n) is 1.68. The zero-order valence-corrected chi connectivity index (χ0v) is 13.6. The molecule has 0 aliphatic rings. The minimum Gasteiger partial charge on any atom is -0.494 e. The van der Waals surface area contributed by atoms with Gasteiger partial charge in [0.25, 0.3) is 0 Å². The molecule has 0 aliphatic heterocycles. The Bertz CT molecular complexity index is 581. The van der Waals surface area contributed by atoms with Crippen molar-refractivity contribution in [2.45, 2.75) is 25.7 Å².